The van der Waals surface area contributed by atoms with Crippen molar-refractivity contribution < 1.29 is 4.39 Å². The standard InChI is InChI=1S/C16H25FN2/c1-3-15(18)16(13-10-6-7-11-14(13)17)19(2)12-8-4-5-9-12/h6-7,10-12,15-16H,3-5,8-9,18H2,1-2H3. The summed E-state index contributed by atoms with van der Waals surface area (Å²) in [6, 6.07) is 7.55. The summed E-state index contributed by atoms with van der Waals surface area (Å²) in [5, 5.41) is 0. The molecule has 1 saturated carbocycles. The van der Waals surface area contributed by atoms with Crippen molar-refractivity contribution in [3.63, 3.8) is 0 Å². The Balaban J connectivity index is 2.27. The Bertz CT molecular complexity index is 401. The molecule has 19 heavy (non-hydrogen) atoms. The molecule has 2 nitrogen and oxygen atoms in total. The van der Waals surface area contributed by atoms with Crippen LogP contribution in [-0.2, 0) is 0 Å². The summed E-state index contributed by atoms with van der Waals surface area (Å²) in [5.41, 5.74) is 7.02. The zero-order valence-electron chi connectivity index (χ0n) is 12.0. The minimum Gasteiger partial charge on any atom is -0.326 e. The summed E-state index contributed by atoms with van der Waals surface area (Å²) in [4.78, 5) is 2.31. The van der Waals surface area contributed by atoms with Gasteiger partial charge >= 0.3 is 0 Å². The maximum absolute atomic E-state index is 14.1. The van der Waals surface area contributed by atoms with Crippen molar-refractivity contribution >= 4 is 0 Å². The van der Waals surface area contributed by atoms with E-state index in [-0.39, 0.29) is 17.9 Å². The topological polar surface area (TPSA) is 29.3 Å². The molecule has 1 aromatic rings. The SMILES string of the molecule is CCC(N)C(c1ccccc1F)N(C)C1CCCC1. The van der Waals surface area contributed by atoms with Gasteiger partial charge < -0.3 is 5.73 Å². The molecule has 1 fully saturated rings. The van der Waals surface area contributed by atoms with Crippen LogP contribution in [0.5, 0.6) is 0 Å². The molecule has 2 rings (SSSR count). The molecule has 2 unspecified atom stereocenters. The lowest BCUT2D eigenvalue weighted by Gasteiger charge is -2.37. The van der Waals surface area contributed by atoms with Gasteiger partial charge in [0, 0.05) is 17.6 Å². The highest BCUT2D eigenvalue weighted by Crippen LogP contribution is 2.33. The molecule has 0 aliphatic heterocycles. The molecule has 0 heterocycles. The van der Waals surface area contributed by atoms with E-state index >= 15 is 0 Å². The Hall–Kier alpha value is -0.930. The van der Waals surface area contributed by atoms with E-state index in [1.54, 1.807) is 6.07 Å². The quantitative estimate of drug-likeness (QED) is 0.882. The first-order valence-electron chi connectivity index (χ1n) is 7.37. The largest absolute Gasteiger partial charge is 0.326 e. The summed E-state index contributed by atoms with van der Waals surface area (Å²) in [5.74, 6) is -0.138. The van der Waals surface area contributed by atoms with Gasteiger partial charge in [-0.1, -0.05) is 38.0 Å². The predicted octanol–water partition coefficient (Wildman–Crippen LogP) is 3.48. The molecular formula is C16H25FN2. The third-order valence-electron chi connectivity index (χ3n) is 4.44. The van der Waals surface area contributed by atoms with Gasteiger partial charge in [-0.15, -0.1) is 0 Å². The van der Waals surface area contributed by atoms with E-state index < -0.39 is 0 Å². The molecule has 1 aliphatic rings. The third-order valence-corrected chi connectivity index (χ3v) is 4.44. The van der Waals surface area contributed by atoms with E-state index in [1.165, 1.54) is 31.7 Å². The van der Waals surface area contributed by atoms with E-state index in [9.17, 15) is 4.39 Å². The molecule has 0 saturated heterocycles. The van der Waals surface area contributed by atoms with Gasteiger partial charge in [0.25, 0.3) is 0 Å². The van der Waals surface area contributed by atoms with Crippen molar-refractivity contribution in [3.05, 3.63) is 35.6 Å². The van der Waals surface area contributed by atoms with Crippen LogP contribution in [0.1, 0.15) is 50.6 Å². The van der Waals surface area contributed by atoms with Gasteiger partial charge in [0.2, 0.25) is 0 Å². The lowest BCUT2D eigenvalue weighted by Crippen LogP contribution is -2.43. The van der Waals surface area contributed by atoms with Crippen LogP contribution in [0.15, 0.2) is 24.3 Å². The number of rotatable bonds is 5. The van der Waals surface area contributed by atoms with Gasteiger partial charge in [-0.05, 0) is 32.4 Å². The normalized spacial score (nSPS) is 19.8. The van der Waals surface area contributed by atoms with Crippen LogP contribution >= 0.6 is 0 Å². The second-order valence-electron chi connectivity index (χ2n) is 5.64. The molecule has 0 spiro atoms. The van der Waals surface area contributed by atoms with Gasteiger partial charge in [0.05, 0.1) is 6.04 Å². The minimum atomic E-state index is -0.138. The molecular weight excluding hydrogens is 239 g/mol. The summed E-state index contributed by atoms with van der Waals surface area (Å²) >= 11 is 0. The fraction of sp³-hybridized carbons (Fsp3) is 0.625. The zero-order valence-corrected chi connectivity index (χ0v) is 12.0. The minimum absolute atomic E-state index is 0.0192. The van der Waals surface area contributed by atoms with E-state index in [1.807, 2.05) is 12.1 Å². The van der Waals surface area contributed by atoms with E-state index in [4.69, 9.17) is 5.73 Å². The van der Waals surface area contributed by atoms with Gasteiger partial charge in [-0.3, -0.25) is 4.90 Å². The van der Waals surface area contributed by atoms with Crippen molar-refractivity contribution in [2.24, 2.45) is 5.73 Å². The Morgan fingerprint density at radius 2 is 1.95 bits per heavy atom. The zero-order chi connectivity index (χ0) is 13.8. The van der Waals surface area contributed by atoms with Gasteiger partial charge in [-0.2, -0.15) is 0 Å². The van der Waals surface area contributed by atoms with E-state index in [0.29, 0.717) is 6.04 Å². The number of likely N-dealkylation sites (N-methyl/N-ethyl adjacent to an activating group) is 1. The molecule has 0 radical (unpaired) electrons. The Morgan fingerprint density at radius 1 is 1.32 bits per heavy atom. The lowest BCUT2D eigenvalue weighted by molar-refractivity contribution is 0.147. The number of halogens is 1. The van der Waals surface area contributed by atoms with Crippen LogP contribution in [0.4, 0.5) is 4.39 Å². The molecule has 3 heteroatoms. The maximum Gasteiger partial charge on any atom is 0.128 e. The number of hydrogen-bond acceptors (Lipinski definition) is 2. The van der Waals surface area contributed by atoms with Gasteiger partial charge in [0.1, 0.15) is 5.82 Å². The van der Waals surface area contributed by atoms with Crippen molar-refractivity contribution in [1.29, 1.82) is 0 Å². The highest BCUT2D eigenvalue weighted by molar-refractivity contribution is 5.23. The molecule has 1 aromatic carbocycles. The maximum atomic E-state index is 14.1. The first-order chi connectivity index (χ1) is 9.15. The second kappa shape index (κ2) is 6.49. The average Bonchev–Trinajstić information content (AvgIpc) is 2.94. The molecule has 0 aromatic heterocycles. The fourth-order valence-corrected chi connectivity index (χ4v) is 3.23. The number of hydrogen-bond donors (Lipinski definition) is 1. The highest BCUT2D eigenvalue weighted by atomic mass is 19.1. The van der Waals surface area contributed by atoms with Crippen molar-refractivity contribution in [2.75, 3.05) is 7.05 Å². The molecule has 0 amide bonds. The molecule has 1 aliphatic carbocycles. The van der Waals surface area contributed by atoms with Crippen LogP contribution < -0.4 is 5.73 Å². The lowest BCUT2D eigenvalue weighted by atomic mass is 9.94. The van der Waals surface area contributed by atoms with Crippen LogP contribution in [0.2, 0.25) is 0 Å². The molecule has 2 atom stereocenters. The highest BCUT2D eigenvalue weighted by Gasteiger charge is 2.31. The van der Waals surface area contributed by atoms with Gasteiger partial charge in [-0.25, -0.2) is 4.39 Å². The first kappa shape index (κ1) is 14.5. The van der Waals surface area contributed by atoms with E-state index in [2.05, 4.69) is 18.9 Å². The number of nitrogens with zero attached hydrogens (tertiary/aromatic N) is 1. The fourth-order valence-electron chi connectivity index (χ4n) is 3.23. The van der Waals surface area contributed by atoms with Crippen molar-refractivity contribution in [3.8, 4) is 0 Å². The molecule has 0 bridgehead atoms. The van der Waals surface area contributed by atoms with Crippen LogP contribution in [0, 0.1) is 5.82 Å². The first-order valence-corrected chi connectivity index (χ1v) is 7.37. The summed E-state index contributed by atoms with van der Waals surface area (Å²) in [6.45, 7) is 2.07. The monoisotopic (exact) mass is 264 g/mol. The number of benzene rings is 1. The van der Waals surface area contributed by atoms with Crippen LogP contribution in [0.3, 0.4) is 0 Å². The van der Waals surface area contributed by atoms with Crippen molar-refractivity contribution in [1.82, 2.24) is 4.90 Å². The van der Waals surface area contributed by atoms with E-state index in [0.717, 1.165) is 12.0 Å². The summed E-state index contributed by atoms with van der Waals surface area (Å²) < 4.78 is 14.1. The summed E-state index contributed by atoms with van der Waals surface area (Å²) in [7, 11) is 2.10. The summed E-state index contributed by atoms with van der Waals surface area (Å²) in [6.07, 6.45) is 5.83. The Kier molecular flexibility index (Phi) is 4.94. The van der Waals surface area contributed by atoms with Crippen LogP contribution in [0.25, 0.3) is 0 Å². The average molecular weight is 264 g/mol. The Morgan fingerprint density at radius 3 is 2.53 bits per heavy atom. The molecule has 106 valence electrons. The smallest absolute Gasteiger partial charge is 0.128 e. The van der Waals surface area contributed by atoms with Crippen molar-refractivity contribution in [2.45, 2.75) is 57.2 Å². The van der Waals surface area contributed by atoms with Crippen LogP contribution in [-0.4, -0.2) is 24.0 Å². The number of nitrogens with two attached hydrogens (primary N) is 1. The predicted molar refractivity (Wildman–Crippen MR) is 77.4 cm³/mol. The molecule has 2 N–H and O–H groups in total. The third kappa shape index (κ3) is 3.15. The Labute approximate surface area is 115 Å². The van der Waals surface area contributed by atoms with Gasteiger partial charge in [0.15, 0.2) is 0 Å². The second-order valence-corrected chi connectivity index (χ2v) is 5.64.